The van der Waals surface area contributed by atoms with Crippen LogP contribution in [0.25, 0.3) is 0 Å². The van der Waals surface area contributed by atoms with E-state index in [2.05, 4.69) is 4.98 Å². The highest BCUT2D eigenvalue weighted by Gasteiger charge is 2.20. The van der Waals surface area contributed by atoms with E-state index in [0.29, 0.717) is 23.6 Å². The smallest absolute Gasteiger partial charge is 0.311 e. The zero-order valence-corrected chi connectivity index (χ0v) is 10.6. The fraction of sp³-hybridized carbons (Fsp3) is 0.600. The molecule has 0 amide bonds. The number of nitrogens with one attached hydrogen (secondary N) is 1. The largest absolute Gasteiger partial charge is 0.460 e. The van der Waals surface area contributed by atoms with Gasteiger partial charge in [-0.15, -0.1) is 11.3 Å². The topological polar surface area (TPSA) is 51.3 Å². The second-order valence-corrected chi connectivity index (χ2v) is 5.49. The number of hydrogen-bond donors (Lipinski definition) is 1. The molecule has 16 heavy (non-hydrogen) atoms. The van der Waals surface area contributed by atoms with Crippen molar-refractivity contribution in [3.63, 3.8) is 0 Å². The Balaban J connectivity index is 1.91. The van der Waals surface area contributed by atoms with Gasteiger partial charge in [0.2, 0.25) is 0 Å². The number of thiazole rings is 1. The van der Waals surface area contributed by atoms with Gasteiger partial charge < -0.3 is 14.5 Å². The van der Waals surface area contributed by atoms with Gasteiger partial charge in [-0.05, 0) is 19.1 Å². The fourth-order valence-corrected chi connectivity index (χ4v) is 2.85. The molecular formula is C10H13NO3S2. The van der Waals surface area contributed by atoms with Crippen LogP contribution in [0.1, 0.15) is 17.0 Å². The van der Waals surface area contributed by atoms with Gasteiger partial charge in [0.15, 0.2) is 3.95 Å². The van der Waals surface area contributed by atoms with Crippen LogP contribution in [-0.4, -0.2) is 30.3 Å². The van der Waals surface area contributed by atoms with E-state index in [0.717, 1.165) is 17.0 Å². The molecule has 88 valence electrons. The molecule has 1 aliphatic rings. The second-order valence-electron chi connectivity index (χ2n) is 3.71. The standard InChI is InChI=1S/C10H13NO3S2/c1-6-8(16-10(15)11-6)4-9(12)14-7-2-3-13-5-7/h7H,2-5H2,1H3,(H,11,15). The summed E-state index contributed by atoms with van der Waals surface area (Å²) >= 11 is 6.44. The highest BCUT2D eigenvalue weighted by Crippen LogP contribution is 2.17. The van der Waals surface area contributed by atoms with Gasteiger partial charge in [0.1, 0.15) is 6.10 Å². The molecule has 1 saturated heterocycles. The summed E-state index contributed by atoms with van der Waals surface area (Å²) in [6.45, 7) is 3.11. The predicted molar refractivity (Wildman–Crippen MR) is 63.3 cm³/mol. The Hall–Kier alpha value is -0.720. The Labute approximate surface area is 103 Å². The molecule has 4 nitrogen and oxygen atoms in total. The van der Waals surface area contributed by atoms with E-state index in [9.17, 15) is 4.79 Å². The predicted octanol–water partition coefficient (Wildman–Crippen LogP) is 1.99. The molecule has 0 radical (unpaired) electrons. The van der Waals surface area contributed by atoms with E-state index >= 15 is 0 Å². The first-order valence-corrected chi connectivity index (χ1v) is 6.33. The Bertz CT molecular complexity index is 432. The lowest BCUT2D eigenvalue weighted by molar-refractivity contribution is -0.148. The van der Waals surface area contributed by atoms with Crippen LogP contribution in [0.2, 0.25) is 0 Å². The van der Waals surface area contributed by atoms with Gasteiger partial charge >= 0.3 is 5.97 Å². The van der Waals surface area contributed by atoms with Crippen molar-refractivity contribution >= 4 is 29.5 Å². The zero-order chi connectivity index (χ0) is 11.5. The quantitative estimate of drug-likeness (QED) is 0.666. The molecule has 1 aromatic rings. The first kappa shape index (κ1) is 11.8. The lowest BCUT2D eigenvalue weighted by atomic mass is 10.3. The monoisotopic (exact) mass is 259 g/mol. The average molecular weight is 259 g/mol. The van der Waals surface area contributed by atoms with Crippen LogP contribution in [-0.2, 0) is 20.7 Å². The van der Waals surface area contributed by atoms with Crippen molar-refractivity contribution in [3.05, 3.63) is 14.5 Å². The van der Waals surface area contributed by atoms with E-state index in [1.54, 1.807) is 0 Å². The van der Waals surface area contributed by atoms with Crippen molar-refractivity contribution in [2.45, 2.75) is 25.9 Å². The van der Waals surface area contributed by atoms with Crippen molar-refractivity contribution in [2.75, 3.05) is 13.2 Å². The van der Waals surface area contributed by atoms with Gasteiger partial charge in [0, 0.05) is 17.0 Å². The molecule has 2 rings (SSSR count). The molecule has 0 bridgehead atoms. The van der Waals surface area contributed by atoms with Crippen LogP contribution in [0, 0.1) is 10.9 Å². The summed E-state index contributed by atoms with van der Waals surface area (Å²) in [7, 11) is 0. The van der Waals surface area contributed by atoms with Gasteiger partial charge in [-0.1, -0.05) is 0 Å². The van der Waals surface area contributed by atoms with E-state index in [1.807, 2.05) is 6.92 Å². The fourth-order valence-electron chi connectivity index (χ4n) is 1.57. The number of rotatable bonds is 3. The molecule has 1 fully saturated rings. The number of esters is 1. The molecular weight excluding hydrogens is 246 g/mol. The van der Waals surface area contributed by atoms with Crippen molar-refractivity contribution in [2.24, 2.45) is 0 Å². The Kier molecular flexibility index (Phi) is 3.73. The summed E-state index contributed by atoms with van der Waals surface area (Å²) in [5.74, 6) is -0.205. The molecule has 0 spiro atoms. The maximum absolute atomic E-state index is 11.6. The number of aromatic nitrogens is 1. The van der Waals surface area contributed by atoms with Crippen molar-refractivity contribution < 1.29 is 14.3 Å². The summed E-state index contributed by atoms with van der Waals surface area (Å²) in [5, 5.41) is 0. The van der Waals surface area contributed by atoms with Crippen LogP contribution in [0.4, 0.5) is 0 Å². The van der Waals surface area contributed by atoms with Gasteiger partial charge in [-0.25, -0.2) is 0 Å². The molecule has 1 atom stereocenters. The van der Waals surface area contributed by atoms with Gasteiger partial charge in [0.05, 0.1) is 19.6 Å². The highest BCUT2D eigenvalue weighted by molar-refractivity contribution is 7.73. The Morgan fingerprint density at radius 2 is 2.56 bits per heavy atom. The van der Waals surface area contributed by atoms with E-state index in [1.165, 1.54) is 11.3 Å². The average Bonchev–Trinajstić information content (AvgIpc) is 2.78. The normalized spacial score (nSPS) is 19.9. The first-order valence-electron chi connectivity index (χ1n) is 5.11. The number of aryl methyl sites for hydroxylation is 1. The molecule has 2 heterocycles. The number of carbonyl (C=O) groups is 1. The maximum atomic E-state index is 11.6. The van der Waals surface area contributed by atoms with Gasteiger partial charge in [0.25, 0.3) is 0 Å². The molecule has 0 saturated carbocycles. The van der Waals surface area contributed by atoms with E-state index in [-0.39, 0.29) is 12.1 Å². The van der Waals surface area contributed by atoms with Crippen LogP contribution in [0.15, 0.2) is 0 Å². The third kappa shape index (κ3) is 2.90. The van der Waals surface area contributed by atoms with Crippen LogP contribution in [0.5, 0.6) is 0 Å². The van der Waals surface area contributed by atoms with Crippen molar-refractivity contribution in [3.8, 4) is 0 Å². The number of ether oxygens (including phenoxy) is 2. The van der Waals surface area contributed by atoms with Gasteiger partial charge in [-0.2, -0.15) is 0 Å². The summed E-state index contributed by atoms with van der Waals surface area (Å²) in [5.41, 5.74) is 0.953. The molecule has 1 aliphatic heterocycles. The number of carbonyl (C=O) groups excluding carboxylic acids is 1. The molecule has 1 aromatic heterocycles. The SMILES string of the molecule is Cc1[nH]c(=S)sc1CC(=O)OC1CCOC1. The van der Waals surface area contributed by atoms with Crippen LogP contribution >= 0.6 is 23.6 Å². The molecule has 6 heteroatoms. The minimum Gasteiger partial charge on any atom is -0.460 e. The van der Waals surface area contributed by atoms with Crippen LogP contribution in [0.3, 0.4) is 0 Å². The molecule has 1 N–H and O–H groups in total. The number of hydrogen-bond acceptors (Lipinski definition) is 5. The molecule has 0 aromatic carbocycles. The minimum absolute atomic E-state index is 0.0697. The van der Waals surface area contributed by atoms with Gasteiger partial charge in [-0.3, -0.25) is 4.79 Å². The maximum Gasteiger partial charge on any atom is 0.311 e. The van der Waals surface area contributed by atoms with Crippen molar-refractivity contribution in [1.29, 1.82) is 0 Å². The first-order chi connectivity index (χ1) is 7.65. The summed E-state index contributed by atoms with van der Waals surface area (Å²) in [6.07, 6.45) is 1.02. The summed E-state index contributed by atoms with van der Waals surface area (Å²) < 4.78 is 11.1. The zero-order valence-electron chi connectivity index (χ0n) is 8.95. The second kappa shape index (κ2) is 5.07. The minimum atomic E-state index is -0.205. The summed E-state index contributed by atoms with van der Waals surface area (Å²) in [6, 6.07) is 0. The highest BCUT2D eigenvalue weighted by atomic mass is 32.1. The molecule has 1 unspecified atom stereocenters. The Morgan fingerprint density at radius 1 is 1.75 bits per heavy atom. The summed E-state index contributed by atoms with van der Waals surface area (Å²) in [4.78, 5) is 15.6. The third-order valence-electron chi connectivity index (χ3n) is 2.41. The lowest BCUT2D eigenvalue weighted by Gasteiger charge is -2.09. The Morgan fingerprint density at radius 3 is 3.12 bits per heavy atom. The van der Waals surface area contributed by atoms with E-state index < -0.39 is 0 Å². The van der Waals surface area contributed by atoms with Crippen molar-refractivity contribution in [1.82, 2.24) is 4.98 Å². The number of H-pyrrole nitrogens is 1. The molecule has 0 aliphatic carbocycles. The number of aromatic amines is 1. The van der Waals surface area contributed by atoms with E-state index in [4.69, 9.17) is 21.7 Å². The third-order valence-corrected chi connectivity index (χ3v) is 3.75. The van der Waals surface area contributed by atoms with Crippen LogP contribution < -0.4 is 0 Å². The lowest BCUT2D eigenvalue weighted by Crippen LogP contribution is -2.19.